The molecular weight excluding hydrogens is 174 g/mol. The molecule has 1 aliphatic heterocycles. The highest BCUT2D eigenvalue weighted by Crippen LogP contribution is 2.08. The van der Waals surface area contributed by atoms with Crippen LogP contribution in [0.1, 0.15) is 19.3 Å². The van der Waals surface area contributed by atoms with E-state index >= 15 is 0 Å². The third kappa shape index (κ3) is 3.02. The number of esters is 1. The predicted octanol–water partition coefficient (Wildman–Crippen LogP) is 0.103. The van der Waals surface area contributed by atoms with Gasteiger partial charge in [-0.2, -0.15) is 0 Å². The third-order valence-corrected chi connectivity index (χ3v) is 1.88. The molecule has 0 atom stereocenters. The fraction of sp³-hybridized carbons (Fsp3) is 0.750. The Kier molecular flexibility index (Phi) is 3.70. The highest BCUT2D eigenvalue weighted by molar-refractivity contribution is 6.29. The van der Waals surface area contributed by atoms with E-state index in [1.54, 1.807) is 0 Å². The van der Waals surface area contributed by atoms with Crippen molar-refractivity contribution in [3.8, 4) is 0 Å². The van der Waals surface area contributed by atoms with Gasteiger partial charge in [-0.25, -0.2) is 9.59 Å². The van der Waals surface area contributed by atoms with Crippen molar-refractivity contribution in [1.82, 2.24) is 5.06 Å². The molecule has 0 N–H and O–H groups in total. The van der Waals surface area contributed by atoms with E-state index in [0.29, 0.717) is 13.1 Å². The molecule has 0 amide bonds. The van der Waals surface area contributed by atoms with Gasteiger partial charge in [0, 0.05) is 13.1 Å². The molecule has 0 radical (unpaired) electrons. The molecule has 1 fully saturated rings. The summed E-state index contributed by atoms with van der Waals surface area (Å²) in [4.78, 5) is 26.3. The number of rotatable bonds is 1. The quantitative estimate of drug-likeness (QED) is 0.430. The molecule has 0 aromatic rings. The van der Waals surface area contributed by atoms with E-state index in [4.69, 9.17) is 4.84 Å². The number of hydrogen-bond acceptors (Lipinski definition) is 5. The number of methoxy groups -OCH3 is 1. The number of hydroxylamine groups is 2. The van der Waals surface area contributed by atoms with Crippen LogP contribution in [0.25, 0.3) is 0 Å². The van der Waals surface area contributed by atoms with Crippen molar-refractivity contribution in [2.24, 2.45) is 0 Å². The fourth-order valence-corrected chi connectivity index (χ4v) is 1.19. The minimum atomic E-state index is -0.953. The van der Waals surface area contributed by atoms with Crippen LogP contribution in [0.3, 0.4) is 0 Å². The van der Waals surface area contributed by atoms with Gasteiger partial charge in [-0.15, -0.1) is 5.06 Å². The molecular formula is C8H13NO4. The summed E-state index contributed by atoms with van der Waals surface area (Å²) >= 11 is 0. The third-order valence-electron chi connectivity index (χ3n) is 1.88. The average Bonchev–Trinajstić information content (AvgIpc) is 2.18. The summed E-state index contributed by atoms with van der Waals surface area (Å²) in [7, 11) is 1.15. The van der Waals surface area contributed by atoms with Gasteiger partial charge in [0.15, 0.2) is 0 Å². The fourth-order valence-electron chi connectivity index (χ4n) is 1.19. The smallest absolute Gasteiger partial charge is 0.436 e. The molecule has 0 bridgehead atoms. The average molecular weight is 187 g/mol. The van der Waals surface area contributed by atoms with Gasteiger partial charge in [-0.3, -0.25) is 0 Å². The van der Waals surface area contributed by atoms with Gasteiger partial charge in [-0.05, 0) is 12.8 Å². The highest BCUT2D eigenvalue weighted by Gasteiger charge is 2.21. The van der Waals surface area contributed by atoms with Crippen LogP contribution >= 0.6 is 0 Å². The van der Waals surface area contributed by atoms with E-state index in [-0.39, 0.29) is 0 Å². The van der Waals surface area contributed by atoms with Crippen molar-refractivity contribution in [3.05, 3.63) is 0 Å². The van der Waals surface area contributed by atoms with Gasteiger partial charge in [0.1, 0.15) is 0 Å². The number of nitrogens with zero attached hydrogens (tertiary/aromatic N) is 1. The SMILES string of the molecule is COC(=O)C(=O)ON1CCCCC1. The number of piperidine rings is 1. The summed E-state index contributed by atoms with van der Waals surface area (Å²) in [5.74, 6) is -1.89. The zero-order valence-corrected chi connectivity index (χ0v) is 7.62. The van der Waals surface area contributed by atoms with Gasteiger partial charge in [-0.1, -0.05) is 6.42 Å². The molecule has 74 valence electrons. The Hall–Kier alpha value is -1.10. The molecule has 1 aliphatic rings. The lowest BCUT2D eigenvalue weighted by molar-refractivity contribution is -0.201. The first-order valence-electron chi connectivity index (χ1n) is 4.29. The van der Waals surface area contributed by atoms with E-state index in [2.05, 4.69) is 4.74 Å². The second-order valence-corrected chi connectivity index (χ2v) is 2.86. The first-order chi connectivity index (χ1) is 6.24. The summed E-state index contributed by atoms with van der Waals surface area (Å²) in [5, 5.41) is 1.50. The van der Waals surface area contributed by atoms with E-state index in [1.165, 1.54) is 5.06 Å². The van der Waals surface area contributed by atoms with Gasteiger partial charge >= 0.3 is 11.9 Å². The monoisotopic (exact) mass is 187 g/mol. The second kappa shape index (κ2) is 4.81. The first kappa shape index (κ1) is 9.98. The Morgan fingerprint density at radius 3 is 2.23 bits per heavy atom. The largest absolute Gasteiger partial charge is 0.461 e. The van der Waals surface area contributed by atoms with Crippen molar-refractivity contribution >= 4 is 11.9 Å². The summed E-state index contributed by atoms with van der Waals surface area (Å²) in [6.07, 6.45) is 3.13. The van der Waals surface area contributed by atoms with Crippen molar-refractivity contribution < 1.29 is 19.2 Å². The Morgan fingerprint density at radius 2 is 1.69 bits per heavy atom. The number of carbonyl (C=O) groups excluding carboxylic acids is 2. The molecule has 0 spiro atoms. The number of carbonyl (C=O) groups is 2. The summed E-state index contributed by atoms with van der Waals surface area (Å²) in [6.45, 7) is 1.39. The van der Waals surface area contributed by atoms with E-state index in [9.17, 15) is 9.59 Å². The zero-order valence-electron chi connectivity index (χ0n) is 7.62. The van der Waals surface area contributed by atoms with Gasteiger partial charge in [0.2, 0.25) is 0 Å². The van der Waals surface area contributed by atoms with Crippen LogP contribution in [-0.2, 0) is 19.2 Å². The van der Waals surface area contributed by atoms with Crippen molar-refractivity contribution in [2.75, 3.05) is 20.2 Å². The Morgan fingerprint density at radius 1 is 1.08 bits per heavy atom. The van der Waals surface area contributed by atoms with E-state index in [1.807, 2.05) is 0 Å². The first-order valence-corrected chi connectivity index (χ1v) is 4.29. The molecule has 0 unspecified atom stereocenters. The van der Waals surface area contributed by atoms with Gasteiger partial charge < -0.3 is 9.57 Å². The molecule has 5 heteroatoms. The second-order valence-electron chi connectivity index (χ2n) is 2.86. The minimum Gasteiger partial charge on any atom is -0.461 e. The topological polar surface area (TPSA) is 55.8 Å². The lowest BCUT2D eigenvalue weighted by Gasteiger charge is -2.23. The molecule has 0 saturated carbocycles. The molecule has 0 aliphatic carbocycles. The number of ether oxygens (including phenoxy) is 1. The maximum absolute atomic E-state index is 10.9. The summed E-state index contributed by atoms with van der Waals surface area (Å²) < 4.78 is 4.21. The highest BCUT2D eigenvalue weighted by atomic mass is 16.7. The molecule has 0 aromatic heterocycles. The van der Waals surface area contributed by atoms with Crippen LogP contribution in [0.15, 0.2) is 0 Å². The standard InChI is InChI=1S/C8H13NO4/c1-12-7(10)8(11)13-9-5-3-2-4-6-9/h2-6H2,1H3. The Bertz CT molecular complexity index is 198. The van der Waals surface area contributed by atoms with E-state index in [0.717, 1.165) is 26.4 Å². The summed E-state index contributed by atoms with van der Waals surface area (Å²) in [6, 6.07) is 0. The van der Waals surface area contributed by atoms with Crippen molar-refractivity contribution in [1.29, 1.82) is 0 Å². The van der Waals surface area contributed by atoms with E-state index < -0.39 is 11.9 Å². The van der Waals surface area contributed by atoms with Gasteiger partial charge in [0.25, 0.3) is 0 Å². The minimum absolute atomic E-state index is 0.697. The van der Waals surface area contributed by atoms with Gasteiger partial charge in [0.05, 0.1) is 7.11 Å². The Labute approximate surface area is 76.6 Å². The van der Waals surface area contributed by atoms with Crippen molar-refractivity contribution in [2.45, 2.75) is 19.3 Å². The van der Waals surface area contributed by atoms with Crippen LogP contribution in [0.5, 0.6) is 0 Å². The van der Waals surface area contributed by atoms with Crippen LogP contribution < -0.4 is 0 Å². The molecule has 5 nitrogen and oxygen atoms in total. The maximum atomic E-state index is 10.9. The molecule has 13 heavy (non-hydrogen) atoms. The molecule has 0 aromatic carbocycles. The van der Waals surface area contributed by atoms with Crippen LogP contribution in [-0.4, -0.2) is 37.2 Å². The maximum Gasteiger partial charge on any atom is 0.436 e. The lowest BCUT2D eigenvalue weighted by atomic mass is 10.2. The summed E-state index contributed by atoms with van der Waals surface area (Å²) in [5.41, 5.74) is 0. The number of hydrogen-bond donors (Lipinski definition) is 0. The lowest BCUT2D eigenvalue weighted by Crippen LogP contribution is -2.35. The van der Waals surface area contributed by atoms with Crippen LogP contribution in [0, 0.1) is 0 Å². The molecule has 1 saturated heterocycles. The van der Waals surface area contributed by atoms with Crippen LogP contribution in [0.4, 0.5) is 0 Å². The van der Waals surface area contributed by atoms with Crippen LogP contribution in [0.2, 0.25) is 0 Å². The van der Waals surface area contributed by atoms with Crippen molar-refractivity contribution in [3.63, 3.8) is 0 Å². The Balaban J connectivity index is 2.30. The predicted molar refractivity (Wildman–Crippen MR) is 43.5 cm³/mol. The zero-order chi connectivity index (χ0) is 9.68. The normalized spacial score (nSPS) is 17.9. The molecule has 1 rings (SSSR count). The molecule has 1 heterocycles.